The highest BCUT2D eigenvalue weighted by Crippen LogP contribution is 2.31. The first-order valence-corrected chi connectivity index (χ1v) is 9.38. The van der Waals surface area contributed by atoms with Crippen LogP contribution in [-0.2, 0) is 12.8 Å². The number of aryl methyl sites for hydroxylation is 2. The van der Waals surface area contributed by atoms with E-state index in [1.54, 1.807) is 20.4 Å². The van der Waals surface area contributed by atoms with Crippen molar-refractivity contribution in [3.05, 3.63) is 59.8 Å². The predicted molar refractivity (Wildman–Crippen MR) is 113 cm³/mol. The fourth-order valence-electron chi connectivity index (χ4n) is 3.05. The number of benzene rings is 2. The number of rotatable bonds is 8. The molecule has 0 radical (unpaired) electrons. The summed E-state index contributed by atoms with van der Waals surface area (Å²) < 4.78 is 10.7. The molecule has 146 valence electrons. The Morgan fingerprint density at radius 2 is 1.64 bits per heavy atom. The van der Waals surface area contributed by atoms with Gasteiger partial charge in [0.05, 0.1) is 19.9 Å². The number of para-hydroxylation sites is 1. The van der Waals surface area contributed by atoms with Gasteiger partial charge in [0.2, 0.25) is 5.95 Å². The van der Waals surface area contributed by atoms with Crippen molar-refractivity contribution >= 4 is 23.1 Å². The van der Waals surface area contributed by atoms with E-state index in [-0.39, 0.29) is 0 Å². The van der Waals surface area contributed by atoms with Crippen LogP contribution in [0, 0.1) is 0 Å². The molecule has 0 aliphatic rings. The van der Waals surface area contributed by atoms with Crippen LogP contribution >= 0.6 is 0 Å². The lowest BCUT2D eigenvalue weighted by Gasteiger charge is -2.16. The fourth-order valence-corrected chi connectivity index (χ4v) is 3.05. The molecule has 0 fully saturated rings. The summed E-state index contributed by atoms with van der Waals surface area (Å²) >= 11 is 0. The highest BCUT2D eigenvalue weighted by Gasteiger charge is 2.10. The van der Waals surface area contributed by atoms with Gasteiger partial charge in [0.1, 0.15) is 17.3 Å². The zero-order valence-corrected chi connectivity index (χ0v) is 16.7. The van der Waals surface area contributed by atoms with E-state index in [0.29, 0.717) is 11.7 Å². The van der Waals surface area contributed by atoms with Crippen LogP contribution in [0.1, 0.15) is 25.0 Å². The van der Waals surface area contributed by atoms with Crippen LogP contribution in [0.15, 0.2) is 48.7 Å². The molecule has 0 aliphatic heterocycles. The molecule has 28 heavy (non-hydrogen) atoms. The van der Waals surface area contributed by atoms with Gasteiger partial charge in [0, 0.05) is 18.0 Å². The minimum absolute atomic E-state index is 0.476. The zero-order chi connectivity index (χ0) is 19.9. The van der Waals surface area contributed by atoms with Gasteiger partial charge in [-0.15, -0.1) is 0 Å². The highest BCUT2D eigenvalue weighted by molar-refractivity contribution is 5.68. The molecule has 0 aliphatic carbocycles. The summed E-state index contributed by atoms with van der Waals surface area (Å²) in [6.07, 6.45) is 3.63. The van der Waals surface area contributed by atoms with Gasteiger partial charge in [0.15, 0.2) is 0 Å². The number of nitrogens with zero attached hydrogens (tertiary/aromatic N) is 2. The maximum atomic E-state index is 5.41. The molecule has 0 saturated heterocycles. The maximum Gasteiger partial charge on any atom is 0.229 e. The number of nitrogens with one attached hydrogen (secondary N) is 2. The number of anilines is 4. The van der Waals surface area contributed by atoms with E-state index in [2.05, 4.69) is 52.6 Å². The van der Waals surface area contributed by atoms with Gasteiger partial charge in [-0.3, -0.25) is 0 Å². The smallest absolute Gasteiger partial charge is 0.229 e. The van der Waals surface area contributed by atoms with Crippen molar-refractivity contribution in [2.75, 3.05) is 24.9 Å². The van der Waals surface area contributed by atoms with Crippen molar-refractivity contribution in [2.45, 2.75) is 26.7 Å². The lowest BCUT2D eigenvalue weighted by molar-refractivity contribution is 0.405. The molecule has 0 saturated carbocycles. The molecule has 6 nitrogen and oxygen atoms in total. The number of aromatic nitrogens is 2. The third kappa shape index (κ3) is 4.34. The van der Waals surface area contributed by atoms with Crippen LogP contribution in [0.3, 0.4) is 0 Å². The minimum atomic E-state index is 0.476. The molecule has 2 aromatic carbocycles. The standard InChI is InChI=1S/C22H26N4O2/c1-5-15-8-7-9-16(6-2)21(15)25-20-12-13-23-22(26-20)24-18-14-17(27-3)10-11-19(18)28-4/h7-14H,5-6H2,1-4H3,(H2,23,24,25,26). The molecule has 1 heterocycles. The monoisotopic (exact) mass is 378 g/mol. The van der Waals surface area contributed by atoms with Crippen LogP contribution in [0.5, 0.6) is 11.5 Å². The molecule has 3 aromatic rings. The van der Waals surface area contributed by atoms with Gasteiger partial charge in [-0.2, -0.15) is 4.98 Å². The topological polar surface area (TPSA) is 68.3 Å². The van der Waals surface area contributed by atoms with Gasteiger partial charge in [0.25, 0.3) is 0 Å². The average Bonchev–Trinajstić information content (AvgIpc) is 2.74. The molecule has 6 heteroatoms. The Hall–Kier alpha value is -3.28. The largest absolute Gasteiger partial charge is 0.497 e. The molecule has 1 aromatic heterocycles. The average molecular weight is 378 g/mol. The van der Waals surface area contributed by atoms with E-state index in [0.717, 1.165) is 35.8 Å². The van der Waals surface area contributed by atoms with Crippen molar-refractivity contribution in [2.24, 2.45) is 0 Å². The molecule has 0 bridgehead atoms. The normalized spacial score (nSPS) is 10.4. The van der Waals surface area contributed by atoms with Gasteiger partial charge in [-0.1, -0.05) is 32.0 Å². The summed E-state index contributed by atoms with van der Waals surface area (Å²) in [4.78, 5) is 8.95. The van der Waals surface area contributed by atoms with E-state index >= 15 is 0 Å². The van der Waals surface area contributed by atoms with Crippen LogP contribution < -0.4 is 20.1 Å². The van der Waals surface area contributed by atoms with Crippen molar-refractivity contribution in [3.63, 3.8) is 0 Å². The third-order valence-corrected chi connectivity index (χ3v) is 4.56. The molecule has 0 spiro atoms. The number of hydrogen-bond donors (Lipinski definition) is 2. The van der Waals surface area contributed by atoms with Gasteiger partial charge < -0.3 is 20.1 Å². The number of hydrogen-bond acceptors (Lipinski definition) is 6. The SMILES string of the molecule is CCc1cccc(CC)c1Nc1ccnc(Nc2cc(OC)ccc2OC)n1. The summed E-state index contributed by atoms with van der Waals surface area (Å²) in [6.45, 7) is 4.31. The molecular formula is C22H26N4O2. The lowest BCUT2D eigenvalue weighted by atomic mass is 10.0. The molecule has 0 unspecified atom stereocenters. The Kier molecular flexibility index (Phi) is 6.32. The van der Waals surface area contributed by atoms with Crippen LogP contribution in [0.4, 0.5) is 23.1 Å². The third-order valence-electron chi connectivity index (χ3n) is 4.56. The quantitative estimate of drug-likeness (QED) is 0.568. The summed E-state index contributed by atoms with van der Waals surface area (Å²) in [6, 6.07) is 13.8. The molecule has 0 atom stereocenters. The Morgan fingerprint density at radius 3 is 2.29 bits per heavy atom. The van der Waals surface area contributed by atoms with Gasteiger partial charge in [-0.25, -0.2) is 4.98 Å². The van der Waals surface area contributed by atoms with Crippen molar-refractivity contribution in [3.8, 4) is 11.5 Å². The van der Waals surface area contributed by atoms with Crippen LogP contribution in [-0.4, -0.2) is 24.2 Å². The van der Waals surface area contributed by atoms with Crippen LogP contribution in [0.2, 0.25) is 0 Å². The molecule has 3 rings (SSSR count). The van der Waals surface area contributed by atoms with E-state index in [4.69, 9.17) is 9.47 Å². The van der Waals surface area contributed by atoms with E-state index in [1.807, 2.05) is 24.3 Å². The second kappa shape index (κ2) is 9.08. The highest BCUT2D eigenvalue weighted by atomic mass is 16.5. The Bertz CT molecular complexity index is 921. The maximum absolute atomic E-state index is 5.41. The Morgan fingerprint density at radius 1 is 0.893 bits per heavy atom. The van der Waals surface area contributed by atoms with Crippen molar-refractivity contribution in [1.29, 1.82) is 0 Å². The first-order valence-electron chi connectivity index (χ1n) is 9.38. The molecule has 0 amide bonds. The summed E-state index contributed by atoms with van der Waals surface area (Å²) in [5.74, 6) is 2.62. The lowest BCUT2D eigenvalue weighted by Crippen LogP contribution is -2.04. The first-order chi connectivity index (χ1) is 13.7. The molecule has 2 N–H and O–H groups in total. The van der Waals surface area contributed by atoms with E-state index < -0.39 is 0 Å². The van der Waals surface area contributed by atoms with Crippen molar-refractivity contribution in [1.82, 2.24) is 9.97 Å². The van der Waals surface area contributed by atoms with Crippen LogP contribution in [0.25, 0.3) is 0 Å². The minimum Gasteiger partial charge on any atom is -0.497 e. The molecular weight excluding hydrogens is 352 g/mol. The van der Waals surface area contributed by atoms with Gasteiger partial charge in [-0.05, 0) is 42.2 Å². The second-order valence-electron chi connectivity index (χ2n) is 6.24. The van der Waals surface area contributed by atoms with Crippen molar-refractivity contribution < 1.29 is 9.47 Å². The Balaban J connectivity index is 1.88. The second-order valence-corrected chi connectivity index (χ2v) is 6.24. The summed E-state index contributed by atoms with van der Waals surface area (Å²) in [7, 11) is 3.25. The predicted octanol–water partition coefficient (Wildman–Crippen LogP) is 5.11. The first kappa shape index (κ1) is 19.5. The Labute approximate surface area is 166 Å². The fraction of sp³-hybridized carbons (Fsp3) is 0.273. The van der Waals surface area contributed by atoms with Gasteiger partial charge >= 0.3 is 0 Å². The summed E-state index contributed by atoms with van der Waals surface area (Å²) in [5.41, 5.74) is 4.39. The zero-order valence-electron chi connectivity index (χ0n) is 16.7. The van der Waals surface area contributed by atoms with E-state index in [1.165, 1.54) is 11.1 Å². The summed E-state index contributed by atoms with van der Waals surface area (Å²) in [5, 5.41) is 6.69. The number of ether oxygens (including phenoxy) is 2. The van der Waals surface area contributed by atoms with E-state index in [9.17, 15) is 0 Å². The number of methoxy groups -OCH3 is 2.